The van der Waals surface area contributed by atoms with E-state index >= 15 is 0 Å². The summed E-state index contributed by atoms with van der Waals surface area (Å²) in [5.41, 5.74) is 0.835. The summed E-state index contributed by atoms with van der Waals surface area (Å²) < 4.78 is 4.96. The lowest BCUT2D eigenvalue weighted by atomic mass is 10.1. The number of carbonyl (C=O) groups excluding carboxylic acids is 2. The smallest absolute Gasteiger partial charge is 0.242 e. The van der Waals surface area contributed by atoms with E-state index in [0.717, 1.165) is 5.56 Å². The van der Waals surface area contributed by atoms with Gasteiger partial charge in [0.25, 0.3) is 0 Å². The summed E-state index contributed by atoms with van der Waals surface area (Å²) in [6.45, 7) is 6.07. The number of nitrogens with zero attached hydrogens (tertiary/aromatic N) is 3. The number of aryl methyl sites for hydroxylation is 1. The number of anilines is 1. The number of rotatable bonds is 5. The number of amides is 2. The Labute approximate surface area is 163 Å². The number of hydrogen-bond acceptors (Lipinski definition) is 5. The Hall–Kier alpha value is -2.38. The Kier molecular flexibility index (Phi) is 6.13. The number of carbonyl (C=O) groups is 2. The van der Waals surface area contributed by atoms with E-state index in [0.29, 0.717) is 49.2 Å². The summed E-state index contributed by atoms with van der Waals surface area (Å²) in [5.74, 6) is 0.971. The molecule has 1 N–H and O–H groups in total. The van der Waals surface area contributed by atoms with Gasteiger partial charge in [0.2, 0.25) is 11.8 Å². The summed E-state index contributed by atoms with van der Waals surface area (Å²) in [6.07, 6.45) is 0.293. The van der Waals surface area contributed by atoms with E-state index in [1.165, 1.54) is 0 Å². The lowest BCUT2D eigenvalue weighted by molar-refractivity contribution is -0.133. The molecule has 1 unspecified atom stereocenters. The van der Waals surface area contributed by atoms with Crippen LogP contribution in [0, 0.1) is 6.92 Å². The molecule has 1 aliphatic heterocycles. The highest BCUT2D eigenvalue weighted by molar-refractivity contribution is 6.31. The van der Waals surface area contributed by atoms with Gasteiger partial charge >= 0.3 is 0 Å². The molecule has 1 aromatic heterocycles. The number of hydrogen-bond donors (Lipinski definition) is 1. The van der Waals surface area contributed by atoms with Gasteiger partial charge in [-0.15, -0.1) is 0 Å². The maximum atomic E-state index is 12.5. The summed E-state index contributed by atoms with van der Waals surface area (Å²) in [6, 6.07) is 8.75. The Bertz CT molecular complexity index is 815. The van der Waals surface area contributed by atoms with Crippen LogP contribution in [0.2, 0.25) is 5.02 Å². The first-order valence-electron chi connectivity index (χ1n) is 8.93. The van der Waals surface area contributed by atoms with Gasteiger partial charge < -0.3 is 14.7 Å². The van der Waals surface area contributed by atoms with Crippen LogP contribution in [0.3, 0.4) is 0 Å². The van der Waals surface area contributed by atoms with E-state index in [9.17, 15) is 9.59 Å². The summed E-state index contributed by atoms with van der Waals surface area (Å²) in [4.78, 5) is 28.8. The van der Waals surface area contributed by atoms with Crippen molar-refractivity contribution in [1.29, 1.82) is 0 Å². The van der Waals surface area contributed by atoms with Crippen LogP contribution in [0.1, 0.15) is 18.2 Å². The highest BCUT2D eigenvalue weighted by Gasteiger charge is 2.28. The highest BCUT2D eigenvalue weighted by Crippen LogP contribution is 2.17. The number of piperazine rings is 1. The fourth-order valence-electron chi connectivity index (χ4n) is 3.10. The second-order valence-corrected chi connectivity index (χ2v) is 7.08. The van der Waals surface area contributed by atoms with E-state index in [1.807, 2.05) is 30.0 Å². The van der Waals surface area contributed by atoms with Crippen LogP contribution in [-0.2, 0) is 16.0 Å². The third-order valence-corrected chi connectivity index (χ3v) is 5.14. The van der Waals surface area contributed by atoms with Crippen molar-refractivity contribution >= 4 is 29.2 Å². The molecule has 1 aliphatic rings. The van der Waals surface area contributed by atoms with Crippen LogP contribution in [-0.4, -0.2) is 59.0 Å². The molecule has 0 spiro atoms. The van der Waals surface area contributed by atoms with Crippen molar-refractivity contribution in [2.45, 2.75) is 26.3 Å². The molecule has 0 bridgehead atoms. The monoisotopic (exact) mass is 390 g/mol. The molecule has 2 aromatic rings. The van der Waals surface area contributed by atoms with Gasteiger partial charge in [0, 0.05) is 37.3 Å². The quantitative estimate of drug-likeness (QED) is 0.847. The van der Waals surface area contributed by atoms with Crippen LogP contribution < -0.4 is 5.32 Å². The van der Waals surface area contributed by atoms with E-state index in [4.69, 9.17) is 16.1 Å². The third-order valence-electron chi connectivity index (χ3n) is 4.77. The van der Waals surface area contributed by atoms with Crippen molar-refractivity contribution in [1.82, 2.24) is 15.0 Å². The zero-order valence-corrected chi connectivity index (χ0v) is 16.2. The molecule has 8 heteroatoms. The zero-order valence-electron chi connectivity index (χ0n) is 15.4. The average Bonchev–Trinajstić information content (AvgIpc) is 3.07. The van der Waals surface area contributed by atoms with Crippen molar-refractivity contribution in [2.75, 3.05) is 31.5 Å². The van der Waals surface area contributed by atoms with Gasteiger partial charge in [-0.1, -0.05) is 35.0 Å². The molecule has 1 saturated heterocycles. The Morgan fingerprint density at radius 1 is 1.26 bits per heavy atom. The van der Waals surface area contributed by atoms with Crippen molar-refractivity contribution in [3.8, 4) is 0 Å². The second-order valence-electron chi connectivity index (χ2n) is 6.67. The number of benzene rings is 1. The molecule has 1 aromatic carbocycles. The van der Waals surface area contributed by atoms with Crippen molar-refractivity contribution in [2.24, 2.45) is 0 Å². The molecule has 7 nitrogen and oxygen atoms in total. The van der Waals surface area contributed by atoms with Crippen LogP contribution in [0.5, 0.6) is 0 Å². The van der Waals surface area contributed by atoms with Crippen LogP contribution in [0.15, 0.2) is 34.9 Å². The number of aromatic nitrogens is 1. The molecule has 2 heterocycles. The van der Waals surface area contributed by atoms with Crippen molar-refractivity contribution in [3.63, 3.8) is 0 Å². The molecule has 0 saturated carbocycles. The van der Waals surface area contributed by atoms with Crippen molar-refractivity contribution < 1.29 is 14.1 Å². The average molecular weight is 391 g/mol. The van der Waals surface area contributed by atoms with E-state index in [-0.39, 0.29) is 17.9 Å². The minimum atomic E-state index is -0.317. The van der Waals surface area contributed by atoms with Gasteiger partial charge in [-0.25, -0.2) is 0 Å². The van der Waals surface area contributed by atoms with Gasteiger partial charge in [-0.05, 0) is 25.5 Å². The molecule has 27 heavy (non-hydrogen) atoms. The molecule has 0 radical (unpaired) electrons. The van der Waals surface area contributed by atoms with Crippen molar-refractivity contribution in [3.05, 3.63) is 46.7 Å². The largest absolute Gasteiger partial charge is 0.360 e. The van der Waals surface area contributed by atoms with Crippen LogP contribution in [0.4, 0.5) is 5.82 Å². The van der Waals surface area contributed by atoms with E-state index in [1.54, 1.807) is 19.1 Å². The van der Waals surface area contributed by atoms with E-state index < -0.39 is 0 Å². The first kappa shape index (κ1) is 19.4. The predicted octanol–water partition coefficient (Wildman–Crippen LogP) is 2.35. The van der Waals surface area contributed by atoms with Crippen LogP contribution in [0.25, 0.3) is 0 Å². The molecule has 1 atom stereocenters. The first-order chi connectivity index (χ1) is 12.9. The summed E-state index contributed by atoms with van der Waals surface area (Å²) in [5, 5.41) is 7.14. The SMILES string of the molecule is Cc1cc(NC(=O)C(C)N2CCN(C(=O)Cc3ccccc3Cl)CC2)no1. The third kappa shape index (κ3) is 4.87. The fraction of sp³-hybridized carbons (Fsp3) is 0.421. The Balaban J connectivity index is 1.49. The lowest BCUT2D eigenvalue weighted by Crippen LogP contribution is -2.54. The second kappa shape index (κ2) is 8.54. The molecule has 144 valence electrons. The topological polar surface area (TPSA) is 78.7 Å². The minimum Gasteiger partial charge on any atom is -0.360 e. The minimum absolute atomic E-state index is 0.0536. The number of halogens is 1. The lowest BCUT2D eigenvalue weighted by Gasteiger charge is -2.37. The van der Waals surface area contributed by atoms with Gasteiger partial charge in [0.1, 0.15) is 5.76 Å². The normalized spacial score (nSPS) is 16.2. The van der Waals surface area contributed by atoms with Gasteiger partial charge in [-0.2, -0.15) is 0 Å². The first-order valence-corrected chi connectivity index (χ1v) is 9.31. The van der Waals surface area contributed by atoms with E-state index in [2.05, 4.69) is 15.4 Å². The van der Waals surface area contributed by atoms with Gasteiger partial charge in [0.05, 0.1) is 12.5 Å². The molecule has 3 rings (SSSR count). The Morgan fingerprint density at radius 3 is 2.59 bits per heavy atom. The highest BCUT2D eigenvalue weighted by atomic mass is 35.5. The maximum absolute atomic E-state index is 12.5. The molecule has 0 aliphatic carbocycles. The van der Waals surface area contributed by atoms with Crippen LogP contribution >= 0.6 is 11.6 Å². The maximum Gasteiger partial charge on any atom is 0.242 e. The molecular formula is C19H23ClN4O3. The Morgan fingerprint density at radius 2 is 1.96 bits per heavy atom. The molecular weight excluding hydrogens is 368 g/mol. The zero-order chi connectivity index (χ0) is 19.4. The number of nitrogens with one attached hydrogen (secondary N) is 1. The fourth-order valence-corrected chi connectivity index (χ4v) is 3.30. The van der Waals surface area contributed by atoms with Gasteiger partial charge in [-0.3, -0.25) is 14.5 Å². The van der Waals surface area contributed by atoms with Gasteiger partial charge in [0.15, 0.2) is 5.82 Å². The molecule has 1 fully saturated rings. The molecule has 2 amide bonds. The summed E-state index contributed by atoms with van der Waals surface area (Å²) >= 11 is 6.14. The predicted molar refractivity (Wildman–Crippen MR) is 103 cm³/mol. The summed E-state index contributed by atoms with van der Waals surface area (Å²) in [7, 11) is 0. The standard InChI is InChI=1S/C19H23ClN4O3/c1-13-11-17(22-27-13)21-19(26)14(2)23-7-9-24(10-8-23)18(25)12-15-5-3-4-6-16(15)20/h3-6,11,14H,7-10,12H2,1-2H3,(H,21,22,26).